The summed E-state index contributed by atoms with van der Waals surface area (Å²) in [6.45, 7) is 0.417. The van der Waals surface area contributed by atoms with E-state index in [2.05, 4.69) is 10.6 Å². The largest absolute Gasteiger partial charge is 0.489 e. The first-order valence-electron chi connectivity index (χ1n) is 10.1. The molecule has 1 aliphatic rings. The van der Waals surface area contributed by atoms with Crippen LogP contribution in [0.15, 0.2) is 78.4 Å². The normalized spacial score (nSPS) is 15.5. The van der Waals surface area contributed by atoms with Crippen LogP contribution in [-0.2, 0) is 16.1 Å². The highest BCUT2D eigenvalue weighted by molar-refractivity contribution is 7.80. The molecule has 0 unspecified atom stereocenters. The molecule has 0 bridgehead atoms. The van der Waals surface area contributed by atoms with E-state index in [4.69, 9.17) is 44.9 Å². The first-order chi connectivity index (χ1) is 15.9. The monoisotopic (exact) mass is 498 g/mol. The Morgan fingerprint density at radius 3 is 2.15 bits per heavy atom. The molecule has 0 saturated carbocycles. The maximum Gasteiger partial charge on any atom is 0.338 e. The van der Waals surface area contributed by atoms with Crippen molar-refractivity contribution >= 4 is 52.2 Å². The van der Waals surface area contributed by atoms with Gasteiger partial charge in [-0.25, -0.2) is 4.79 Å². The van der Waals surface area contributed by atoms with E-state index < -0.39 is 12.0 Å². The number of hydrogen-bond donors (Lipinski definition) is 2. The van der Waals surface area contributed by atoms with E-state index in [1.54, 1.807) is 12.1 Å². The van der Waals surface area contributed by atoms with Gasteiger partial charge in [0.05, 0.1) is 24.4 Å². The Hall–Kier alpha value is -3.06. The first-order valence-corrected chi connectivity index (χ1v) is 11.2. The zero-order chi connectivity index (χ0) is 23.4. The Morgan fingerprint density at radius 2 is 1.55 bits per heavy atom. The Labute approximate surface area is 207 Å². The SMILES string of the molecule is COC(=O)C1=C(c2ccc(Cl)cc2)NC(=S)N[C@H]1c1ccc(OCc2ccc(Cl)cc2)cc1. The van der Waals surface area contributed by atoms with Crippen molar-refractivity contribution in [3.05, 3.63) is 105 Å². The molecule has 3 aromatic carbocycles. The van der Waals surface area contributed by atoms with Gasteiger partial charge in [0.25, 0.3) is 0 Å². The number of methoxy groups -OCH3 is 1. The molecule has 168 valence electrons. The number of thiocarbonyl (C=S) groups is 1. The molecule has 1 aliphatic heterocycles. The van der Waals surface area contributed by atoms with Gasteiger partial charge in [-0.1, -0.05) is 59.6 Å². The molecule has 0 spiro atoms. The Morgan fingerprint density at radius 1 is 0.939 bits per heavy atom. The second-order valence-corrected chi connectivity index (χ2v) is 8.58. The number of ether oxygens (including phenoxy) is 2. The van der Waals surface area contributed by atoms with Gasteiger partial charge >= 0.3 is 5.97 Å². The molecule has 0 aromatic heterocycles. The Balaban J connectivity index is 1.62. The van der Waals surface area contributed by atoms with Crippen molar-refractivity contribution < 1.29 is 14.3 Å². The van der Waals surface area contributed by atoms with E-state index in [1.165, 1.54) is 7.11 Å². The number of halogens is 2. The highest BCUT2D eigenvalue weighted by Gasteiger charge is 2.32. The number of nitrogens with one attached hydrogen (secondary N) is 2. The fraction of sp³-hybridized carbons (Fsp3) is 0.120. The van der Waals surface area contributed by atoms with Crippen LogP contribution in [0.5, 0.6) is 5.75 Å². The molecular weight excluding hydrogens is 479 g/mol. The summed E-state index contributed by atoms with van der Waals surface area (Å²) in [7, 11) is 1.35. The van der Waals surface area contributed by atoms with Crippen molar-refractivity contribution in [2.45, 2.75) is 12.6 Å². The smallest absolute Gasteiger partial charge is 0.338 e. The van der Waals surface area contributed by atoms with Crippen LogP contribution in [0.4, 0.5) is 0 Å². The molecule has 0 fully saturated rings. The third-order valence-electron chi connectivity index (χ3n) is 5.14. The zero-order valence-corrected chi connectivity index (χ0v) is 19.9. The lowest BCUT2D eigenvalue weighted by molar-refractivity contribution is -0.136. The van der Waals surface area contributed by atoms with Gasteiger partial charge in [-0.05, 0) is 65.3 Å². The van der Waals surface area contributed by atoms with Crippen LogP contribution in [0.25, 0.3) is 5.70 Å². The summed E-state index contributed by atoms with van der Waals surface area (Å²) < 4.78 is 11.0. The maximum atomic E-state index is 12.8. The summed E-state index contributed by atoms with van der Waals surface area (Å²) in [6, 6.07) is 21.7. The highest BCUT2D eigenvalue weighted by atomic mass is 35.5. The van der Waals surface area contributed by atoms with Crippen LogP contribution in [-0.4, -0.2) is 18.2 Å². The van der Waals surface area contributed by atoms with Crippen LogP contribution in [0.3, 0.4) is 0 Å². The molecule has 3 aromatic rings. The minimum Gasteiger partial charge on any atom is -0.489 e. The molecule has 8 heteroatoms. The van der Waals surface area contributed by atoms with Gasteiger partial charge in [-0.2, -0.15) is 0 Å². The van der Waals surface area contributed by atoms with E-state index >= 15 is 0 Å². The van der Waals surface area contributed by atoms with Crippen molar-refractivity contribution in [1.29, 1.82) is 0 Å². The minimum absolute atomic E-state index is 0.403. The van der Waals surface area contributed by atoms with Gasteiger partial charge in [-0.15, -0.1) is 0 Å². The Bertz CT molecular complexity index is 1190. The summed E-state index contributed by atoms with van der Waals surface area (Å²) in [6.07, 6.45) is 0. The molecule has 5 nitrogen and oxygen atoms in total. The third-order valence-corrected chi connectivity index (χ3v) is 5.87. The molecule has 0 saturated heterocycles. The van der Waals surface area contributed by atoms with E-state index in [-0.39, 0.29) is 0 Å². The van der Waals surface area contributed by atoms with Crippen LogP contribution >= 0.6 is 35.4 Å². The van der Waals surface area contributed by atoms with Gasteiger partial charge in [-0.3, -0.25) is 0 Å². The summed E-state index contributed by atoms with van der Waals surface area (Å²) in [4.78, 5) is 12.8. The van der Waals surface area contributed by atoms with Crippen LogP contribution in [0.2, 0.25) is 10.0 Å². The quantitative estimate of drug-likeness (QED) is 0.337. The Kier molecular flexibility index (Phi) is 7.18. The van der Waals surface area contributed by atoms with Crippen molar-refractivity contribution in [3.8, 4) is 5.75 Å². The lowest BCUT2D eigenvalue weighted by Crippen LogP contribution is -2.45. The maximum absolute atomic E-state index is 12.8. The number of carbonyl (C=O) groups excluding carboxylic acids is 1. The second-order valence-electron chi connectivity index (χ2n) is 7.30. The average Bonchev–Trinajstić information content (AvgIpc) is 2.83. The average molecular weight is 499 g/mol. The predicted octanol–water partition coefficient (Wildman–Crippen LogP) is 5.68. The molecule has 2 N–H and O–H groups in total. The summed E-state index contributed by atoms with van der Waals surface area (Å²) >= 11 is 17.4. The molecule has 0 radical (unpaired) electrons. The number of carbonyl (C=O) groups is 1. The number of hydrogen-bond acceptors (Lipinski definition) is 4. The van der Waals surface area contributed by atoms with Crippen molar-refractivity contribution in [3.63, 3.8) is 0 Å². The molecule has 0 aliphatic carbocycles. The molecule has 0 amide bonds. The van der Waals surface area contributed by atoms with Gasteiger partial charge < -0.3 is 20.1 Å². The highest BCUT2D eigenvalue weighted by Crippen LogP contribution is 2.33. The number of esters is 1. The fourth-order valence-corrected chi connectivity index (χ4v) is 3.96. The van der Waals surface area contributed by atoms with Crippen molar-refractivity contribution in [2.24, 2.45) is 0 Å². The molecule has 33 heavy (non-hydrogen) atoms. The van der Waals surface area contributed by atoms with E-state index in [9.17, 15) is 4.79 Å². The van der Waals surface area contributed by atoms with Gasteiger partial charge in [0.1, 0.15) is 12.4 Å². The van der Waals surface area contributed by atoms with E-state index in [1.807, 2.05) is 60.7 Å². The predicted molar refractivity (Wildman–Crippen MR) is 134 cm³/mol. The number of rotatable bonds is 6. The lowest BCUT2D eigenvalue weighted by atomic mass is 9.93. The summed E-state index contributed by atoms with van der Waals surface area (Å²) in [5, 5.41) is 7.95. The van der Waals surface area contributed by atoms with Crippen molar-refractivity contribution in [1.82, 2.24) is 10.6 Å². The minimum atomic E-state index is -0.498. The van der Waals surface area contributed by atoms with E-state index in [0.29, 0.717) is 38.8 Å². The molecule has 1 heterocycles. The second kappa shape index (κ2) is 10.3. The molecule has 4 rings (SSSR count). The van der Waals surface area contributed by atoms with Gasteiger partial charge in [0.15, 0.2) is 5.11 Å². The molecular formula is C25H20Cl2N2O3S. The van der Waals surface area contributed by atoms with Crippen LogP contribution in [0.1, 0.15) is 22.7 Å². The molecule has 1 atom stereocenters. The summed E-state index contributed by atoms with van der Waals surface area (Å²) in [5.74, 6) is 0.238. The van der Waals surface area contributed by atoms with Crippen molar-refractivity contribution in [2.75, 3.05) is 7.11 Å². The number of benzene rings is 3. The summed E-state index contributed by atoms with van der Waals surface area (Å²) in [5.41, 5.74) is 3.62. The fourth-order valence-electron chi connectivity index (χ4n) is 3.49. The topological polar surface area (TPSA) is 59.6 Å². The zero-order valence-electron chi connectivity index (χ0n) is 17.6. The standard InChI is InChI=1S/C25H20Cl2N2O3S/c1-31-24(30)21-22(16-4-10-19(27)11-5-16)28-25(33)29-23(21)17-6-12-20(13-7-17)32-14-15-2-8-18(26)9-3-15/h2-13,23H,14H2,1H3,(H2,28,29,33)/t23-/m0/s1. The first kappa shape index (κ1) is 23.1. The van der Waals surface area contributed by atoms with Gasteiger partial charge in [0.2, 0.25) is 0 Å². The third kappa shape index (κ3) is 5.47. The van der Waals surface area contributed by atoms with Crippen LogP contribution in [0, 0.1) is 0 Å². The van der Waals surface area contributed by atoms with Gasteiger partial charge in [0, 0.05) is 10.0 Å². The lowest BCUT2D eigenvalue weighted by Gasteiger charge is -2.31. The van der Waals surface area contributed by atoms with E-state index in [0.717, 1.165) is 16.7 Å². The van der Waals surface area contributed by atoms with Crippen LogP contribution < -0.4 is 15.4 Å².